The van der Waals surface area contributed by atoms with Gasteiger partial charge in [0.1, 0.15) is 0 Å². The average Bonchev–Trinajstić information content (AvgIpc) is 1.96. The first kappa shape index (κ1) is 11.5. The Kier molecular flexibility index (Phi) is 3.17. The van der Waals surface area contributed by atoms with E-state index >= 15 is 0 Å². The number of rotatable bonds is 0. The fourth-order valence-corrected chi connectivity index (χ4v) is 4.18. The molecule has 0 aromatic rings. The van der Waals surface area contributed by atoms with Crippen molar-refractivity contribution in [1.29, 1.82) is 0 Å². The van der Waals surface area contributed by atoms with Crippen LogP contribution in [0.4, 0.5) is 0 Å². The van der Waals surface area contributed by atoms with Crippen molar-refractivity contribution in [3.8, 4) is 0 Å². The van der Waals surface area contributed by atoms with Gasteiger partial charge in [-0.2, -0.15) is 4.21 Å². The van der Waals surface area contributed by atoms with Crippen LogP contribution in [0, 0.1) is 17.8 Å². The second-order valence-electron chi connectivity index (χ2n) is 5.51. The lowest BCUT2D eigenvalue weighted by Crippen LogP contribution is -2.55. The van der Waals surface area contributed by atoms with Crippen molar-refractivity contribution in [2.75, 3.05) is 0 Å². The summed E-state index contributed by atoms with van der Waals surface area (Å²) in [4.78, 5) is 0. The van der Waals surface area contributed by atoms with Crippen molar-refractivity contribution >= 4 is 11.4 Å². The first-order valence-electron chi connectivity index (χ1n) is 5.56. The monoisotopic (exact) mass is 233 g/mol. The van der Waals surface area contributed by atoms with Crippen molar-refractivity contribution in [3.63, 3.8) is 0 Å². The van der Waals surface area contributed by atoms with E-state index in [9.17, 15) is 0 Å². The highest BCUT2D eigenvalue weighted by molar-refractivity contribution is 7.73. The Hall–Kier alpha value is 0.0300. The second-order valence-corrected chi connectivity index (χ2v) is 5.97. The van der Waals surface area contributed by atoms with Gasteiger partial charge in [0.2, 0.25) is 0 Å². The van der Waals surface area contributed by atoms with Crippen LogP contribution in [0.3, 0.4) is 0 Å². The number of hydrogen-bond acceptors (Lipinski definition) is 2. The van der Waals surface area contributed by atoms with Crippen LogP contribution in [-0.2, 0) is 11.4 Å². The first-order valence-corrected chi connectivity index (χ1v) is 6.62. The van der Waals surface area contributed by atoms with Crippen molar-refractivity contribution in [2.24, 2.45) is 23.5 Å². The van der Waals surface area contributed by atoms with Crippen molar-refractivity contribution in [1.82, 2.24) is 0 Å². The van der Waals surface area contributed by atoms with Gasteiger partial charge in [0.05, 0.1) is 0 Å². The van der Waals surface area contributed by atoms with Crippen LogP contribution in [0.25, 0.3) is 0 Å². The van der Waals surface area contributed by atoms with Crippen LogP contribution in [0.2, 0.25) is 0 Å². The van der Waals surface area contributed by atoms with Gasteiger partial charge in [0.25, 0.3) is 11.4 Å². The minimum Gasteiger partial charge on any atom is -0.325 e. The lowest BCUT2D eigenvalue weighted by molar-refractivity contribution is 0.000364. The molecule has 4 fully saturated rings. The summed E-state index contributed by atoms with van der Waals surface area (Å²) in [5.41, 5.74) is 6.62. The SMILES string of the molecule is NC12CC3CC(CC(C3)C1)C2.O=S(O)O. The summed E-state index contributed by atoms with van der Waals surface area (Å²) >= 11 is -2.61. The molecule has 0 radical (unpaired) electrons. The Labute approximate surface area is 92.7 Å². The molecule has 4 rings (SSSR count). The molecule has 4 nitrogen and oxygen atoms in total. The van der Waals surface area contributed by atoms with Crippen LogP contribution >= 0.6 is 0 Å². The molecule has 5 heteroatoms. The quantitative estimate of drug-likeness (QED) is 0.555. The highest BCUT2D eigenvalue weighted by Crippen LogP contribution is 2.54. The van der Waals surface area contributed by atoms with Gasteiger partial charge in [-0.15, -0.1) is 0 Å². The molecule has 0 aliphatic heterocycles. The molecule has 0 amide bonds. The highest BCUT2D eigenvalue weighted by Gasteiger charge is 2.48. The van der Waals surface area contributed by atoms with E-state index < -0.39 is 11.4 Å². The molecule has 4 bridgehead atoms. The Morgan fingerprint density at radius 3 is 1.47 bits per heavy atom. The molecule has 0 saturated heterocycles. The third-order valence-electron chi connectivity index (χ3n) is 4.09. The lowest BCUT2D eigenvalue weighted by Gasteiger charge is -2.55. The lowest BCUT2D eigenvalue weighted by atomic mass is 9.53. The van der Waals surface area contributed by atoms with Gasteiger partial charge in [-0.3, -0.25) is 9.11 Å². The van der Waals surface area contributed by atoms with Gasteiger partial charge >= 0.3 is 0 Å². The van der Waals surface area contributed by atoms with Crippen LogP contribution in [0.1, 0.15) is 38.5 Å². The number of nitrogens with two attached hydrogens (primary N) is 1. The summed E-state index contributed by atoms with van der Waals surface area (Å²) in [6.07, 6.45) is 8.57. The molecular formula is C10H19NO3S. The molecule has 0 aromatic carbocycles. The molecule has 4 saturated carbocycles. The summed E-state index contributed by atoms with van der Waals surface area (Å²) in [5, 5.41) is 0. The van der Waals surface area contributed by atoms with Gasteiger partial charge in [0.15, 0.2) is 0 Å². The summed E-state index contributed by atoms with van der Waals surface area (Å²) < 4.78 is 22.8. The van der Waals surface area contributed by atoms with E-state index in [1.54, 1.807) is 0 Å². The Balaban J connectivity index is 0.000000188. The first-order chi connectivity index (χ1) is 6.97. The summed E-state index contributed by atoms with van der Waals surface area (Å²) in [6.45, 7) is 0. The van der Waals surface area contributed by atoms with Gasteiger partial charge in [-0.1, -0.05) is 0 Å². The molecule has 0 unspecified atom stereocenters. The smallest absolute Gasteiger partial charge is 0.299 e. The van der Waals surface area contributed by atoms with E-state index in [1.807, 2.05) is 0 Å². The second kappa shape index (κ2) is 4.13. The van der Waals surface area contributed by atoms with Gasteiger partial charge in [-0.05, 0) is 56.3 Å². The van der Waals surface area contributed by atoms with Crippen LogP contribution < -0.4 is 5.73 Å². The zero-order valence-corrected chi connectivity index (χ0v) is 9.58. The summed E-state index contributed by atoms with van der Waals surface area (Å²) in [6, 6.07) is 0. The third kappa shape index (κ3) is 2.78. The Morgan fingerprint density at radius 2 is 1.27 bits per heavy atom. The summed E-state index contributed by atoms with van der Waals surface area (Å²) in [7, 11) is 0. The molecule has 88 valence electrons. The maximum Gasteiger partial charge on any atom is 0.299 e. The molecule has 0 atom stereocenters. The van der Waals surface area contributed by atoms with E-state index in [2.05, 4.69) is 0 Å². The minimum absolute atomic E-state index is 0.300. The van der Waals surface area contributed by atoms with Crippen LogP contribution in [0.5, 0.6) is 0 Å². The maximum atomic E-state index is 8.67. The van der Waals surface area contributed by atoms with Gasteiger partial charge in [-0.25, -0.2) is 0 Å². The predicted octanol–water partition coefficient (Wildman–Crippen LogP) is 1.59. The molecule has 0 heterocycles. The Morgan fingerprint density at radius 1 is 1.00 bits per heavy atom. The van der Waals surface area contributed by atoms with E-state index in [0.29, 0.717) is 5.54 Å². The zero-order chi connectivity index (χ0) is 11.1. The summed E-state index contributed by atoms with van der Waals surface area (Å²) in [5.74, 6) is 3.06. The van der Waals surface area contributed by atoms with Crippen molar-refractivity contribution in [3.05, 3.63) is 0 Å². The van der Waals surface area contributed by atoms with E-state index in [4.69, 9.17) is 19.0 Å². The molecule has 4 aliphatic rings. The third-order valence-corrected chi connectivity index (χ3v) is 4.09. The molecule has 0 aromatic heterocycles. The normalized spacial score (nSPS) is 46.5. The van der Waals surface area contributed by atoms with E-state index in [0.717, 1.165) is 17.8 Å². The average molecular weight is 233 g/mol. The van der Waals surface area contributed by atoms with E-state index in [-0.39, 0.29) is 0 Å². The predicted molar refractivity (Wildman–Crippen MR) is 58.5 cm³/mol. The molecule has 15 heavy (non-hydrogen) atoms. The molecular weight excluding hydrogens is 214 g/mol. The van der Waals surface area contributed by atoms with Crippen molar-refractivity contribution in [2.45, 2.75) is 44.1 Å². The van der Waals surface area contributed by atoms with E-state index in [1.165, 1.54) is 38.5 Å². The molecule has 4 N–H and O–H groups in total. The van der Waals surface area contributed by atoms with Crippen LogP contribution in [-0.4, -0.2) is 18.9 Å². The minimum atomic E-state index is -2.61. The van der Waals surface area contributed by atoms with Gasteiger partial charge < -0.3 is 5.73 Å². The maximum absolute atomic E-state index is 8.67. The highest BCUT2D eigenvalue weighted by atomic mass is 32.2. The fourth-order valence-electron chi connectivity index (χ4n) is 4.18. The standard InChI is InChI=1S/C10H17N.H2O3S/c11-10-4-7-1-8(5-10)3-9(2-7)6-10;1-4(2)3/h7-9H,1-6,11H2;(H2,1,2,3). The van der Waals surface area contributed by atoms with Crippen molar-refractivity contribution < 1.29 is 13.3 Å². The molecule has 0 spiro atoms. The number of hydrogen-bond donors (Lipinski definition) is 3. The van der Waals surface area contributed by atoms with Gasteiger partial charge in [0, 0.05) is 5.54 Å². The molecule has 4 aliphatic carbocycles. The van der Waals surface area contributed by atoms with Crippen LogP contribution in [0.15, 0.2) is 0 Å². The topological polar surface area (TPSA) is 83.6 Å². The fraction of sp³-hybridized carbons (Fsp3) is 1.00. The zero-order valence-electron chi connectivity index (χ0n) is 8.76. The largest absolute Gasteiger partial charge is 0.325 e. The Bertz CT molecular complexity index is 230.